The molecule has 0 aromatic carbocycles. The van der Waals surface area contributed by atoms with Gasteiger partial charge >= 0.3 is 0 Å². The van der Waals surface area contributed by atoms with Gasteiger partial charge in [0.25, 0.3) is 0 Å². The van der Waals surface area contributed by atoms with E-state index in [1.54, 1.807) is 0 Å². The third-order valence-electron chi connectivity index (χ3n) is 1.84. The second-order valence-electron chi connectivity index (χ2n) is 3.01. The number of hydrogen-bond acceptors (Lipinski definition) is 0. The van der Waals surface area contributed by atoms with Crippen molar-refractivity contribution in [1.82, 2.24) is 0 Å². The molecule has 0 fully saturated rings. The first-order valence-electron chi connectivity index (χ1n) is 4.74. The highest BCUT2D eigenvalue weighted by atomic mass is 13.9. The molecule has 0 rings (SSSR count). The molecule has 0 unspecified atom stereocenters. The molecule has 0 spiro atoms. The van der Waals surface area contributed by atoms with Crippen molar-refractivity contribution in [2.24, 2.45) is 0 Å². The van der Waals surface area contributed by atoms with Gasteiger partial charge in [-0.25, -0.2) is 0 Å². The minimum absolute atomic E-state index is 1.12. The van der Waals surface area contributed by atoms with E-state index in [2.05, 4.69) is 39.5 Å². The molecule has 12 heavy (non-hydrogen) atoms. The summed E-state index contributed by atoms with van der Waals surface area (Å²) in [4.78, 5) is 0. The molecule has 0 aromatic rings. The van der Waals surface area contributed by atoms with Gasteiger partial charge < -0.3 is 0 Å². The van der Waals surface area contributed by atoms with Crippen molar-refractivity contribution in [3.05, 3.63) is 36.0 Å². The predicted octanol–water partition coefficient (Wildman–Crippen LogP) is 4.26. The normalized spacial score (nSPS) is 13.2. The van der Waals surface area contributed by atoms with E-state index >= 15 is 0 Å². The van der Waals surface area contributed by atoms with Gasteiger partial charge in [-0.05, 0) is 19.8 Å². The number of hydrogen-bond donors (Lipinski definition) is 0. The summed E-state index contributed by atoms with van der Waals surface area (Å²) in [6, 6.07) is 0. The lowest BCUT2D eigenvalue weighted by Gasteiger charge is -1.98. The van der Waals surface area contributed by atoms with Gasteiger partial charge in [0.1, 0.15) is 0 Å². The zero-order valence-electron chi connectivity index (χ0n) is 8.56. The van der Waals surface area contributed by atoms with E-state index in [1.807, 2.05) is 6.08 Å². The maximum atomic E-state index is 3.73. The van der Waals surface area contributed by atoms with Crippen LogP contribution >= 0.6 is 0 Å². The summed E-state index contributed by atoms with van der Waals surface area (Å²) in [5.74, 6) is 0. The van der Waals surface area contributed by atoms with E-state index in [4.69, 9.17) is 0 Å². The first kappa shape index (κ1) is 11.2. The highest BCUT2D eigenvalue weighted by Gasteiger charge is 1.88. The highest BCUT2D eigenvalue weighted by Crippen LogP contribution is 2.09. The van der Waals surface area contributed by atoms with Crippen LogP contribution < -0.4 is 0 Å². The monoisotopic (exact) mass is 164 g/mol. The van der Waals surface area contributed by atoms with Crippen molar-refractivity contribution < 1.29 is 0 Å². The SMILES string of the molecule is C=C/C(C)=C\C(=C/CCC)CC. The van der Waals surface area contributed by atoms with Crippen molar-refractivity contribution in [1.29, 1.82) is 0 Å². The van der Waals surface area contributed by atoms with Crippen LogP contribution in [-0.4, -0.2) is 0 Å². The van der Waals surface area contributed by atoms with Gasteiger partial charge in [-0.1, -0.05) is 56.2 Å². The summed E-state index contributed by atoms with van der Waals surface area (Å²) in [5, 5.41) is 0. The van der Waals surface area contributed by atoms with Crippen LogP contribution in [0.1, 0.15) is 40.0 Å². The van der Waals surface area contributed by atoms with E-state index in [-0.39, 0.29) is 0 Å². The van der Waals surface area contributed by atoms with Crippen LogP contribution in [0.25, 0.3) is 0 Å². The van der Waals surface area contributed by atoms with E-state index < -0.39 is 0 Å². The average Bonchev–Trinajstić information content (AvgIpc) is 2.11. The largest absolute Gasteiger partial charge is 0.0988 e. The van der Waals surface area contributed by atoms with Gasteiger partial charge in [-0.15, -0.1) is 0 Å². The van der Waals surface area contributed by atoms with Crippen LogP contribution in [0.2, 0.25) is 0 Å². The molecule has 0 heteroatoms. The van der Waals surface area contributed by atoms with Crippen LogP contribution in [0.4, 0.5) is 0 Å². The Bertz CT molecular complexity index is 182. The smallest absolute Gasteiger partial charge is 0.0311 e. The Labute approximate surface area is 76.7 Å². The van der Waals surface area contributed by atoms with Crippen LogP contribution in [0.5, 0.6) is 0 Å². The Kier molecular flexibility index (Phi) is 6.45. The van der Waals surface area contributed by atoms with Gasteiger partial charge in [-0.3, -0.25) is 0 Å². The lowest BCUT2D eigenvalue weighted by atomic mass is 10.1. The fourth-order valence-corrected chi connectivity index (χ4v) is 0.986. The summed E-state index contributed by atoms with van der Waals surface area (Å²) in [6.07, 6.45) is 9.95. The standard InChI is InChI=1S/C12H20/c1-5-8-9-12(7-3)10-11(4)6-2/h6,9-10H,2,5,7-8H2,1,3-4H3/b11-10-,12-9-. The Morgan fingerprint density at radius 2 is 2.00 bits per heavy atom. The third kappa shape index (κ3) is 4.95. The molecule has 0 aliphatic heterocycles. The fraction of sp³-hybridized carbons (Fsp3) is 0.500. The minimum atomic E-state index is 1.12. The van der Waals surface area contributed by atoms with E-state index in [1.165, 1.54) is 24.0 Å². The molecule has 0 heterocycles. The first-order valence-corrected chi connectivity index (χ1v) is 4.74. The Balaban J connectivity index is 4.24. The first-order chi connectivity index (χ1) is 5.74. The fourth-order valence-electron chi connectivity index (χ4n) is 0.986. The van der Waals surface area contributed by atoms with Crippen molar-refractivity contribution in [3.8, 4) is 0 Å². The van der Waals surface area contributed by atoms with E-state index in [0.717, 1.165) is 6.42 Å². The van der Waals surface area contributed by atoms with E-state index in [9.17, 15) is 0 Å². The molecule has 0 radical (unpaired) electrons. The molecular formula is C12H20. The third-order valence-corrected chi connectivity index (χ3v) is 1.84. The summed E-state index contributed by atoms with van der Waals surface area (Å²) >= 11 is 0. The van der Waals surface area contributed by atoms with Gasteiger partial charge in [0.2, 0.25) is 0 Å². The van der Waals surface area contributed by atoms with Crippen molar-refractivity contribution >= 4 is 0 Å². The van der Waals surface area contributed by atoms with Crippen LogP contribution in [0.3, 0.4) is 0 Å². The number of allylic oxidation sites excluding steroid dienone is 5. The molecule has 0 aliphatic carbocycles. The molecule has 0 amide bonds. The van der Waals surface area contributed by atoms with Crippen molar-refractivity contribution in [3.63, 3.8) is 0 Å². The highest BCUT2D eigenvalue weighted by molar-refractivity contribution is 5.27. The molecular weight excluding hydrogens is 144 g/mol. The van der Waals surface area contributed by atoms with Gasteiger partial charge in [0.15, 0.2) is 0 Å². The molecule has 0 aliphatic rings. The molecule has 68 valence electrons. The summed E-state index contributed by atoms with van der Waals surface area (Å²) in [7, 11) is 0. The molecule has 0 nitrogen and oxygen atoms in total. The molecule has 0 aromatic heterocycles. The minimum Gasteiger partial charge on any atom is -0.0988 e. The van der Waals surface area contributed by atoms with E-state index in [0.29, 0.717) is 0 Å². The molecule has 0 saturated heterocycles. The van der Waals surface area contributed by atoms with Crippen molar-refractivity contribution in [2.45, 2.75) is 40.0 Å². The quantitative estimate of drug-likeness (QED) is 0.533. The van der Waals surface area contributed by atoms with Crippen LogP contribution in [0.15, 0.2) is 36.0 Å². The summed E-state index contributed by atoms with van der Waals surface area (Å²) < 4.78 is 0. The molecule has 0 atom stereocenters. The lowest BCUT2D eigenvalue weighted by molar-refractivity contribution is 0.941. The molecule has 0 bridgehead atoms. The Hall–Kier alpha value is -0.780. The second kappa shape index (κ2) is 6.90. The molecule has 0 saturated carbocycles. The summed E-state index contributed by atoms with van der Waals surface area (Å²) in [6.45, 7) is 10.2. The van der Waals surface area contributed by atoms with Crippen LogP contribution in [-0.2, 0) is 0 Å². The second-order valence-corrected chi connectivity index (χ2v) is 3.01. The lowest BCUT2D eigenvalue weighted by Crippen LogP contribution is -1.77. The number of unbranched alkanes of at least 4 members (excludes halogenated alkanes) is 1. The maximum Gasteiger partial charge on any atom is -0.0311 e. The molecule has 0 N–H and O–H groups in total. The topological polar surface area (TPSA) is 0 Å². The van der Waals surface area contributed by atoms with Crippen molar-refractivity contribution in [2.75, 3.05) is 0 Å². The number of rotatable bonds is 5. The maximum absolute atomic E-state index is 3.73. The van der Waals surface area contributed by atoms with Crippen LogP contribution in [0, 0.1) is 0 Å². The summed E-state index contributed by atoms with van der Waals surface area (Å²) in [5.41, 5.74) is 2.67. The zero-order valence-corrected chi connectivity index (χ0v) is 8.56. The predicted molar refractivity (Wildman–Crippen MR) is 57.2 cm³/mol. The average molecular weight is 164 g/mol. The van der Waals surface area contributed by atoms with Gasteiger partial charge in [-0.2, -0.15) is 0 Å². The Morgan fingerprint density at radius 3 is 2.42 bits per heavy atom. The Morgan fingerprint density at radius 1 is 1.33 bits per heavy atom. The zero-order chi connectivity index (χ0) is 9.40. The van der Waals surface area contributed by atoms with Gasteiger partial charge in [0.05, 0.1) is 0 Å². The van der Waals surface area contributed by atoms with Gasteiger partial charge in [0, 0.05) is 0 Å².